The van der Waals surface area contributed by atoms with Gasteiger partial charge in [0.25, 0.3) is 11.5 Å². The summed E-state index contributed by atoms with van der Waals surface area (Å²) in [5, 5.41) is 0.835. The Morgan fingerprint density at radius 3 is 2.43 bits per heavy atom. The Morgan fingerprint density at radius 2 is 1.78 bits per heavy atom. The molecule has 1 aliphatic rings. The van der Waals surface area contributed by atoms with Crippen LogP contribution in [0.2, 0.25) is 10.0 Å². The number of halogens is 2. The first-order chi connectivity index (χ1) is 17.6. The van der Waals surface area contributed by atoms with E-state index in [4.69, 9.17) is 32.9 Å². The second-order valence-corrected chi connectivity index (χ2v) is 9.73. The highest BCUT2D eigenvalue weighted by molar-refractivity contribution is 6.31. The third-order valence-corrected chi connectivity index (χ3v) is 6.66. The maximum Gasteiger partial charge on any atom is 0.347 e. The topological polar surface area (TPSA) is 115 Å². The molecule has 1 N–H and O–H groups in total. The molecule has 4 aromatic rings. The zero-order chi connectivity index (χ0) is 26.6. The number of benzene rings is 1. The summed E-state index contributed by atoms with van der Waals surface area (Å²) in [5.41, 5.74) is 1.04. The van der Waals surface area contributed by atoms with Crippen LogP contribution in [-0.4, -0.2) is 37.1 Å². The number of amides is 1. The molecule has 3 aromatic heterocycles. The maximum absolute atomic E-state index is 14.0. The van der Waals surface area contributed by atoms with Gasteiger partial charge in [-0.1, -0.05) is 35.3 Å². The minimum absolute atomic E-state index is 0.123. The first-order valence-corrected chi connectivity index (χ1v) is 12.1. The molecule has 0 saturated heterocycles. The van der Waals surface area contributed by atoms with Crippen molar-refractivity contribution in [3.63, 3.8) is 0 Å². The van der Waals surface area contributed by atoms with Gasteiger partial charge in [-0.25, -0.2) is 14.8 Å². The van der Waals surface area contributed by atoms with E-state index in [1.165, 1.54) is 35.0 Å². The number of anilines is 1. The smallest absolute Gasteiger partial charge is 0.347 e. The molecule has 1 atom stereocenters. The van der Waals surface area contributed by atoms with Gasteiger partial charge in [0.2, 0.25) is 5.88 Å². The minimum Gasteiger partial charge on any atom is -0.482 e. The van der Waals surface area contributed by atoms with Gasteiger partial charge in [0, 0.05) is 30.5 Å². The van der Waals surface area contributed by atoms with Crippen molar-refractivity contribution >= 4 is 34.8 Å². The van der Waals surface area contributed by atoms with E-state index in [0.29, 0.717) is 27.1 Å². The van der Waals surface area contributed by atoms with Crippen molar-refractivity contribution in [2.24, 2.45) is 7.05 Å². The fraction of sp³-hybridized carbons (Fsp3) is 0.240. The molecule has 12 heteroatoms. The van der Waals surface area contributed by atoms with Gasteiger partial charge in [-0.3, -0.25) is 19.5 Å². The number of carbonyl (C=O) groups excluding carboxylic acids is 1. The van der Waals surface area contributed by atoms with Gasteiger partial charge in [-0.2, -0.15) is 0 Å². The SMILES string of the molecule is COc1[nH]c(=O)ncc1-c1nc2c(n1C(C)C)C(c1ccc(Cl)cc1)N(c1cc(Cl)cn(C)c1=O)C2=O. The van der Waals surface area contributed by atoms with Crippen LogP contribution in [0.5, 0.6) is 5.88 Å². The van der Waals surface area contributed by atoms with Crippen molar-refractivity contribution in [2.75, 3.05) is 12.0 Å². The summed E-state index contributed by atoms with van der Waals surface area (Å²) in [5.74, 6) is 0.0968. The molecule has 1 aliphatic heterocycles. The van der Waals surface area contributed by atoms with E-state index in [0.717, 1.165) is 5.56 Å². The summed E-state index contributed by atoms with van der Waals surface area (Å²) in [6.45, 7) is 3.89. The van der Waals surface area contributed by atoms with E-state index in [-0.39, 0.29) is 28.9 Å². The molecule has 0 radical (unpaired) electrons. The molecule has 4 heterocycles. The average molecular weight is 541 g/mol. The van der Waals surface area contributed by atoms with Gasteiger partial charge in [0.15, 0.2) is 5.69 Å². The van der Waals surface area contributed by atoms with Gasteiger partial charge < -0.3 is 13.9 Å². The molecule has 0 fully saturated rings. The number of aromatic amines is 1. The van der Waals surface area contributed by atoms with Crippen LogP contribution >= 0.6 is 23.2 Å². The first kappa shape index (κ1) is 24.8. The third kappa shape index (κ3) is 4.02. The Kier molecular flexibility index (Phi) is 6.17. The van der Waals surface area contributed by atoms with E-state index in [1.54, 1.807) is 31.3 Å². The van der Waals surface area contributed by atoms with Crippen LogP contribution in [0.25, 0.3) is 11.4 Å². The number of ether oxygens (including phenoxy) is 1. The second-order valence-electron chi connectivity index (χ2n) is 8.86. The van der Waals surface area contributed by atoms with Gasteiger partial charge >= 0.3 is 5.69 Å². The van der Waals surface area contributed by atoms with Gasteiger partial charge in [-0.05, 0) is 37.6 Å². The fourth-order valence-corrected chi connectivity index (χ4v) is 5.03. The number of imidazole rings is 1. The molecule has 1 amide bonds. The maximum atomic E-state index is 14.0. The lowest BCUT2D eigenvalue weighted by molar-refractivity contribution is 0.0989. The van der Waals surface area contributed by atoms with E-state index in [1.807, 2.05) is 18.4 Å². The third-order valence-electron chi connectivity index (χ3n) is 6.20. The van der Waals surface area contributed by atoms with Crippen LogP contribution in [0.4, 0.5) is 5.69 Å². The molecule has 37 heavy (non-hydrogen) atoms. The van der Waals surface area contributed by atoms with E-state index in [9.17, 15) is 14.4 Å². The monoisotopic (exact) mass is 540 g/mol. The van der Waals surface area contributed by atoms with Crippen LogP contribution < -0.4 is 20.9 Å². The van der Waals surface area contributed by atoms with Crippen molar-refractivity contribution in [1.29, 1.82) is 0 Å². The number of hydrogen-bond acceptors (Lipinski definition) is 6. The molecule has 0 bridgehead atoms. The number of rotatable bonds is 5. The number of nitrogens with zero attached hydrogens (tertiary/aromatic N) is 5. The number of methoxy groups -OCH3 is 1. The van der Waals surface area contributed by atoms with Crippen molar-refractivity contribution in [3.8, 4) is 17.3 Å². The molecule has 1 aromatic carbocycles. The van der Waals surface area contributed by atoms with Crippen molar-refractivity contribution in [2.45, 2.75) is 25.9 Å². The summed E-state index contributed by atoms with van der Waals surface area (Å²) in [6.07, 6.45) is 2.85. The van der Waals surface area contributed by atoms with E-state index < -0.39 is 17.6 Å². The number of nitrogens with one attached hydrogen (secondary N) is 1. The predicted octanol–water partition coefficient (Wildman–Crippen LogP) is 3.98. The summed E-state index contributed by atoms with van der Waals surface area (Å²) in [7, 11) is 2.99. The quantitative estimate of drug-likeness (QED) is 0.409. The van der Waals surface area contributed by atoms with Crippen LogP contribution in [0, 0.1) is 0 Å². The predicted molar refractivity (Wildman–Crippen MR) is 140 cm³/mol. The number of H-pyrrole nitrogens is 1. The molecular formula is C25H22Cl2N6O4. The van der Waals surface area contributed by atoms with Gasteiger partial charge in [-0.15, -0.1) is 0 Å². The number of aromatic nitrogens is 5. The Hall–Kier alpha value is -3.89. The highest BCUT2D eigenvalue weighted by Gasteiger charge is 2.46. The van der Waals surface area contributed by atoms with Gasteiger partial charge in [0.1, 0.15) is 17.6 Å². The highest BCUT2D eigenvalue weighted by atomic mass is 35.5. The first-order valence-electron chi connectivity index (χ1n) is 11.3. The Morgan fingerprint density at radius 1 is 1.08 bits per heavy atom. The lowest BCUT2D eigenvalue weighted by Gasteiger charge is -2.28. The number of aryl methyl sites for hydroxylation is 1. The van der Waals surface area contributed by atoms with Crippen molar-refractivity contribution < 1.29 is 9.53 Å². The normalized spacial score (nSPS) is 14.9. The lowest BCUT2D eigenvalue weighted by atomic mass is 10.0. The molecule has 0 spiro atoms. The van der Waals surface area contributed by atoms with Crippen LogP contribution in [0.3, 0.4) is 0 Å². The Labute approximate surface area is 221 Å². The summed E-state index contributed by atoms with van der Waals surface area (Å²) in [4.78, 5) is 51.5. The highest BCUT2D eigenvalue weighted by Crippen LogP contribution is 2.44. The summed E-state index contributed by atoms with van der Waals surface area (Å²) in [6, 6.07) is 7.64. The van der Waals surface area contributed by atoms with Crippen molar-refractivity contribution in [3.05, 3.63) is 90.6 Å². The Bertz CT molecular complexity index is 1660. The average Bonchev–Trinajstić information content (AvgIpc) is 3.37. The molecule has 1 unspecified atom stereocenters. The minimum atomic E-state index is -0.712. The van der Waals surface area contributed by atoms with Gasteiger partial charge in [0.05, 0.1) is 23.4 Å². The standard InChI is InChI=1S/C25H22Cl2N6O4/c1-12(2)32-20-18(29-21(32)16-10-28-25(36)30-22(16)37-4)24(35)33(17-9-15(27)11-31(3)23(17)34)19(20)13-5-7-14(26)8-6-13/h5-12,19H,1-4H3,(H,28,30,36). The van der Waals surface area contributed by atoms with Crippen LogP contribution in [0.1, 0.15) is 47.7 Å². The number of pyridine rings is 1. The number of fused-ring (bicyclic) bond motifs is 1. The molecule has 10 nitrogen and oxygen atoms in total. The molecule has 0 saturated carbocycles. The summed E-state index contributed by atoms with van der Waals surface area (Å²) < 4.78 is 8.60. The van der Waals surface area contributed by atoms with E-state index >= 15 is 0 Å². The zero-order valence-electron chi connectivity index (χ0n) is 20.3. The molecule has 5 rings (SSSR count). The summed E-state index contributed by atoms with van der Waals surface area (Å²) >= 11 is 12.5. The lowest BCUT2D eigenvalue weighted by Crippen LogP contribution is -2.36. The molecule has 0 aliphatic carbocycles. The number of carbonyl (C=O) groups is 1. The Balaban J connectivity index is 1.83. The van der Waals surface area contributed by atoms with Crippen molar-refractivity contribution in [1.82, 2.24) is 24.1 Å². The number of hydrogen-bond donors (Lipinski definition) is 1. The van der Waals surface area contributed by atoms with E-state index in [2.05, 4.69) is 9.97 Å². The fourth-order valence-electron chi connectivity index (χ4n) is 4.66. The second kappa shape index (κ2) is 9.20. The van der Waals surface area contributed by atoms with Crippen LogP contribution in [0.15, 0.2) is 52.3 Å². The largest absolute Gasteiger partial charge is 0.482 e. The zero-order valence-corrected chi connectivity index (χ0v) is 21.8. The molecular weight excluding hydrogens is 519 g/mol. The van der Waals surface area contributed by atoms with Crippen LogP contribution in [-0.2, 0) is 7.05 Å². The molecule has 190 valence electrons.